The van der Waals surface area contributed by atoms with Crippen molar-refractivity contribution in [2.24, 2.45) is 0 Å². The fourth-order valence-corrected chi connectivity index (χ4v) is 5.10. The van der Waals surface area contributed by atoms with Crippen molar-refractivity contribution >= 4 is 43.9 Å². The van der Waals surface area contributed by atoms with Crippen LogP contribution < -0.4 is 0 Å². The van der Waals surface area contributed by atoms with Crippen LogP contribution in [-0.2, 0) is 22.0 Å². The van der Waals surface area contributed by atoms with E-state index in [1.165, 1.54) is 29.5 Å². The Morgan fingerprint density at radius 2 is 1.94 bits per heavy atom. The second-order valence-corrected chi connectivity index (χ2v) is 10.3. The number of fused-ring (bicyclic) bond motifs is 1. The van der Waals surface area contributed by atoms with Crippen LogP contribution >= 0.6 is 22.9 Å². The van der Waals surface area contributed by atoms with E-state index >= 15 is 0 Å². The van der Waals surface area contributed by atoms with Crippen LogP contribution in [0.3, 0.4) is 0 Å². The first-order valence-electron chi connectivity index (χ1n) is 9.46. The molecule has 3 aromatic heterocycles. The van der Waals surface area contributed by atoms with Crippen molar-refractivity contribution < 1.29 is 21.6 Å². The van der Waals surface area contributed by atoms with Gasteiger partial charge < -0.3 is 4.98 Å². The number of nitrogens with one attached hydrogen (secondary N) is 1. The van der Waals surface area contributed by atoms with E-state index in [9.17, 15) is 21.6 Å². The lowest BCUT2D eigenvalue weighted by Gasteiger charge is -2.09. The molecule has 0 saturated carbocycles. The SMILES string of the molecule is CCCc1nc2nccc(-c3nc(-c4ccc(CS(=O)(=O)C(F)(F)F)cc4Cl)cs3)c2[nH]1. The Morgan fingerprint density at radius 1 is 1.16 bits per heavy atom. The van der Waals surface area contributed by atoms with Gasteiger partial charge in [0, 0.05) is 29.1 Å². The molecule has 0 aliphatic carbocycles. The molecule has 4 aromatic rings. The Hall–Kier alpha value is -2.50. The minimum absolute atomic E-state index is 0.0525. The van der Waals surface area contributed by atoms with Gasteiger partial charge in [0.2, 0.25) is 0 Å². The molecule has 3 heterocycles. The summed E-state index contributed by atoms with van der Waals surface area (Å²) >= 11 is 7.63. The van der Waals surface area contributed by atoms with Gasteiger partial charge >= 0.3 is 5.51 Å². The number of benzene rings is 1. The van der Waals surface area contributed by atoms with E-state index in [1.54, 1.807) is 11.6 Å². The zero-order valence-electron chi connectivity index (χ0n) is 16.6. The van der Waals surface area contributed by atoms with Gasteiger partial charge in [-0.3, -0.25) is 0 Å². The summed E-state index contributed by atoms with van der Waals surface area (Å²) in [7, 11) is -5.29. The number of hydrogen-bond acceptors (Lipinski definition) is 6. The van der Waals surface area contributed by atoms with Crippen LogP contribution in [0.25, 0.3) is 33.0 Å². The molecule has 168 valence electrons. The first-order chi connectivity index (χ1) is 15.1. The number of alkyl halides is 3. The summed E-state index contributed by atoms with van der Waals surface area (Å²) in [6, 6.07) is 5.82. The third kappa shape index (κ3) is 4.37. The van der Waals surface area contributed by atoms with Crippen LogP contribution in [0, 0.1) is 0 Å². The van der Waals surface area contributed by atoms with Gasteiger partial charge in [0.15, 0.2) is 5.65 Å². The lowest BCUT2D eigenvalue weighted by molar-refractivity contribution is -0.0437. The van der Waals surface area contributed by atoms with Gasteiger partial charge in [0.25, 0.3) is 9.84 Å². The first-order valence-corrected chi connectivity index (χ1v) is 12.4. The van der Waals surface area contributed by atoms with Gasteiger partial charge in [-0.05, 0) is 24.1 Å². The maximum atomic E-state index is 12.6. The molecule has 1 N–H and O–H groups in total. The van der Waals surface area contributed by atoms with Crippen LogP contribution in [0.15, 0.2) is 35.8 Å². The Morgan fingerprint density at radius 3 is 2.62 bits per heavy atom. The predicted octanol–water partition coefficient (Wildman–Crippen LogP) is 5.79. The number of H-pyrrole nitrogens is 1. The van der Waals surface area contributed by atoms with E-state index in [0.717, 1.165) is 29.7 Å². The second kappa shape index (κ2) is 8.45. The van der Waals surface area contributed by atoms with Gasteiger partial charge in [0.05, 0.1) is 22.0 Å². The van der Waals surface area contributed by atoms with Crippen LogP contribution in [-0.4, -0.2) is 33.9 Å². The number of aryl methyl sites for hydroxylation is 1. The third-order valence-corrected chi connectivity index (χ3v) is 7.29. The Balaban J connectivity index is 1.65. The largest absolute Gasteiger partial charge is 0.497 e. The minimum atomic E-state index is -5.32. The highest BCUT2D eigenvalue weighted by molar-refractivity contribution is 7.91. The van der Waals surface area contributed by atoms with Gasteiger partial charge in [-0.1, -0.05) is 30.7 Å². The molecule has 0 bridgehead atoms. The standard InChI is InChI=1S/C20H16ClF3N4O2S2/c1-2-3-16-27-17-13(6-7-25-18(17)28-16)19-26-15(9-31-19)12-5-4-11(8-14(12)21)10-32(29,30)20(22,23)24/h4-9H,2-3,10H2,1H3,(H,25,27,28). The summed E-state index contributed by atoms with van der Waals surface area (Å²) in [4.78, 5) is 16.7. The van der Waals surface area contributed by atoms with Gasteiger partial charge in [-0.15, -0.1) is 11.3 Å². The van der Waals surface area contributed by atoms with E-state index in [4.69, 9.17) is 11.6 Å². The number of nitrogens with zero attached hydrogens (tertiary/aromatic N) is 3. The summed E-state index contributed by atoms with van der Waals surface area (Å²) in [5.41, 5.74) is -2.16. The Labute approximate surface area is 190 Å². The number of aromatic amines is 1. The zero-order chi connectivity index (χ0) is 23.1. The molecule has 1 aromatic carbocycles. The van der Waals surface area contributed by atoms with E-state index in [-0.39, 0.29) is 10.6 Å². The van der Waals surface area contributed by atoms with Crippen molar-refractivity contribution in [2.45, 2.75) is 31.0 Å². The van der Waals surface area contributed by atoms with Gasteiger partial charge in [0.1, 0.15) is 10.8 Å². The van der Waals surface area contributed by atoms with Crippen molar-refractivity contribution in [1.29, 1.82) is 0 Å². The van der Waals surface area contributed by atoms with Gasteiger partial charge in [-0.25, -0.2) is 23.4 Å². The monoisotopic (exact) mass is 500 g/mol. The number of rotatable bonds is 6. The normalized spacial score (nSPS) is 12.5. The summed E-state index contributed by atoms with van der Waals surface area (Å²) in [5, 5.41) is 2.58. The van der Waals surface area contributed by atoms with Crippen LogP contribution in [0.5, 0.6) is 0 Å². The molecule has 0 aliphatic rings. The van der Waals surface area contributed by atoms with E-state index in [1.807, 2.05) is 6.07 Å². The highest BCUT2D eigenvalue weighted by Gasteiger charge is 2.45. The highest BCUT2D eigenvalue weighted by Crippen LogP contribution is 2.36. The molecule has 0 spiro atoms. The molecule has 12 heteroatoms. The highest BCUT2D eigenvalue weighted by atomic mass is 35.5. The van der Waals surface area contributed by atoms with Crippen molar-refractivity contribution in [3.63, 3.8) is 0 Å². The second-order valence-electron chi connectivity index (χ2n) is 7.05. The van der Waals surface area contributed by atoms with Crippen molar-refractivity contribution in [2.75, 3.05) is 0 Å². The molecule has 0 unspecified atom stereocenters. The number of pyridine rings is 1. The molecular weight excluding hydrogens is 485 g/mol. The molecule has 6 nitrogen and oxygen atoms in total. The van der Waals surface area contributed by atoms with E-state index < -0.39 is 21.1 Å². The number of imidazole rings is 1. The summed E-state index contributed by atoms with van der Waals surface area (Å²) in [5.74, 6) is -0.333. The fourth-order valence-electron chi connectivity index (χ4n) is 3.17. The molecular formula is C20H16ClF3N4O2S2. The predicted molar refractivity (Wildman–Crippen MR) is 118 cm³/mol. The van der Waals surface area contributed by atoms with Crippen molar-refractivity contribution in [3.05, 3.63) is 52.3 Å². The van der Waals surface area contributed by atoms with Crippen LogP contribution in [0.2, 0.25) is 5.02 Å². The lowest BCUT2D eigenvalue weighted by Crippen LogP contribution is -2.24. The molecule has 4 rings (SSSR count). The Bertz CT molecular complexity index is 1400. The van der Waals surface area contributed by atoms with E-state index in [2.05, 4.69) is 26.9 Å². The fraction of sp³-hybridized carbons (Fsp3) is 0.250. The number of aromatic nitrogens is 4. The average Bonchev–Trinajstić information content (AvgIpc) is 3.33. The number of halogens is 4. The third-order valence-electron chi connectivity index (χ3n) is 4.68. The smallest absolute Gasteiger partial charge is 0.340 e. The van der Waals surface area contributed by atoms with Crippen LogP contribution in [0.4, 0.5) is 13.2 Å². The van der Waals surface area contributed by atoms with Crippen molar-refractivity contribution in [1.82, 2.24) is 19.9 Å². The van der Waals surface area contributed by atoms with Crippen molar-refractivity contribution in [3.8, 4) is 21.8 Å². The summed E-state index contributed by atoms with van der Waals surface area (Å²) in [6.45, 7) is 2.06. The topological polar surface area (TPSA) is 88.6 Å². The number of sulfone groups is 1. The van der Waals surface area contributed by atoms with Crippen LogP contribution in [0.1, 0.15) is 24.7 Å². The zero-order valence-corrected chi connectivity index (χ0v) is 19.0. The molecule has 0 atom stereocenters. The molecule has 0 fully saturated rings. The number of hydrogen-bond donors (Lipinski definition) is 1. The molecule has 0 radical (unpaired) electrons. The Kier molecular flexibility index (Phi) is 5.99. The quantitative estimate of drug-likeness (QED) is 0.362. The molecule has 0 amide bonds. The summed E-state index contributed by atoms with van der Waals surface area (Å²) in [6.07, 6.45) is 3.39. The minimum Gasteiger partial charge on any atom is -0.340 e. The maximum absolute atomic E-state index is 12.6. The lowest BCUT2D eigenvalue weighted by atomic mass is 10.1. The summed E-state index contributed by atoms with van der Waals surface area (Å²) < 4.78 is 60.7. The van der Waals surface area contributed by atoms with E-state index in [0.29, 0.717) is 21.9 Å². The first kappa shape index (κ1) is 22.7. The average molecular weight is 501 g/mol. The number of thiazole rings is 1. The van der Waals surface area contributed by atoms with Gasteiger partial charge in [-0.2, -0.15) is 13.2 Å². The molecule has 0 aliphatic heterocycles. The molecule has 0 saturated heterocycles. The maximum Gasteiger partial charge on any atom is 0.497 e. The molecule has 32 heavy (non-hydrogen) atoms.